The number of carbonyl (C=O) groups excluding carboxylic acids is 1. The van der Waals surface area contributed by atoms with Crippen LogP contribution in [0.15, 0.2) is 28.7 Å². The van der Waals surface area contributed by atoms with Gasteiger partial charge in [-0.1, -0.05) is 22.0 Å². The van der Waals surface area contributed by atoms with E-state index < -0.39 is 0 Å². The minimum Gasteiger partial charge on any atom is -0.466 e. The SMILES string of the molecule is COC(=O)/C=C1/CCc2ccc(Br)cc21. The van der Waals surface area contributed by atoms with Crippen LogP contribution < -0.4 is 0 Å². The number of methoxy groups -OCH3 is 1. The fraction of sp³-hybridized carbons (Fsp3) is 0.250. The molecule has 0 saturated carbocycles. The van der Waals surface area contributed by atoms with Gasteiger partial charge in [0.05, 0.1) is 7.11 Å². The van der Waals surface area contributed by atoms with Gasteiger partial charge in [0, 0.05) is 10.5 Å². The molecule has 0 unspecified atom stereocenters. The number of ether oxygens (including phenoxy) is 1. The summed E-state index contributed by atoms with van der Waals surface area (Å²) in [5.41, 5.74) is 3.53. The van der Waals surface area contributed by atoms with E-state index in [2.05, 4.69) is 32.8 Å². The van der Waals surface area contributed by atoms with Crippen LogP contribution in [-0.4, -0.2) is 13.1 Å². The second kappa shape index (κ2) is 4.19. The van der Waals surface area contributed by atoms with Crippen LogP contribution in [-0.2, 0) is 16.0 Å². The molecule has 15 heavy (non-hydrogen) atoms. The summed E-state index contributed by atoms with van der Waals surface area (Å²) in [4.78, 5) is 11.2. The number of rotatable bonds is 1. The van der Waals surface area contributed by atoms with Crippen molar-refractivity contribution in [2.75, 3.05) is 7.11 Å². The Morgan fingerprint density at radius 1 is 1.47 bits per heavy atom. The lowest BCUT2D eigenvalue weighted by molar-refractivity contribution is -0.134. The summed E-state index contributed by atoms with van der Waals surface area (Å²) in [5.74, 6) is -0.280. The Hall–Kier alpha value is -1.09. The normalized spacial score (nSPS) is 16.5. The molecule has 0 saturated heterocycles. The minimum absolute atomic E-state index is 0.280. The van der Waals surface area contributed by atoms with E-state index >= 15 is 0 Å². The Labute approximate surface area is 97.1 Å². The highest BCUT2D eigenvalue weighted by molar-refractivity contribution is 9.10. The molecule has 0 atom stereocenters. The van der Waals surface area contributed by atoms with Crippen LogP contribution in [0.25, 0.3) is 5.57 Å². The van der Waals surface area contributed by atoms with Crippen LogP contribution in [0.2, 0.25) is 0 Å². The fourth-order valence-corrected chi connectivity index (χ4v) is 2.18. The average Bonchev–Trinajstić information content (AvgIpc) is 2.61. The molecule has 0 spiro atoms. The Kier molecular flexibility index (Phi) is 2.91. The molecule has 2 rings (SSSR count). The quantitative estimate of drug-likeness (QED) is 0.577. The number of esters is 1. The molecule has 0 bridgehead atoms. The van der Waals surface area contributed by atoms with E-state index in [0.717, 1.165) is 28.5 Å². The Balaban J connectivity index is 2.39. The summed E-state index contributed by atoms with van der Waals surface area (Å²) in [6.07, 6.45) is 3.50. The van der Waals surface area contributed by atoms with Gasteiger partial charge in [0.25, 0.3) is 0 Å². The Morgan fingerprint density at radius 3 is 3.00 bits per heavy atom. The van der Waals surface area contributed by atoms with Crippen molar-refractivity contribution in [3.05, 3.63) is 39.9 Å². The average molecular weight is 267 g/mol. The van der Waals surface area contributed by atoms with Gasteiger partial charge in [0.2, 0.25) is 0 Å². The maximum atomic E-state index is 11.2. The van der Waals surface area contributed by atoms with E-state index in [1.807, 2.05) is 6.07 Å². The predicted molar refractivity (Wildman–Crippen MR) is 62.5 cm³/mol. The molecule has 0 N–H and O–H groups in total. The lowest BCUT2D eigenvalue weighted by atomic mass is 10.1. The van der Waals surface area contributed by atoms with Crippen molar-refractivity contribution in [1.29, 1.82) is 0 Å². The van der Waals surface area contributed by atoms with Crippen LogP contribution in [0.3, 0.4) is 0 Å². The predicted octanol–water partition coefficient (Wildman–Crippen LogP) is 2.95. The highest BCUT2D eigenvalue weighted by atomic mass is 79.9. The van der Waals surface area contributed by atoms with Crippen molar-refractivity contribution in [1.82, 2.24) is 0 Å². The third-order valence-electron chi connectivity index (χ3n) is 2.57. The number of halogens is 1. The van der Waals surface area contributed by atoms with Crippen molar-refractivity contribution < 1.29 is 9.53 Å². The molecule has 0 amide bonds. The van der Waals surface area contributed by atoms with Gasteiger partial charge >= 0.3 is 5.97 Å². The molecule has 0 aromatic heterocycles. The lowest BCUT2D eigenvalue weighted by Gasteiger charge is -2.01. The monoisotopic (exact) mass is 266 g/mol. The van der Waals surface area contributed by atoms with Crippen molar-refractivity contribution >= 4 is 27.5 Å². The highest BCUT2D eigenvalue weighted by Gasteiger charge is 2.17. The molecular weight excluding hydrogens is 256 g/mol. The lowest BCUT2D eigenvalue weighted by Crippen LogP contribution is -1.95. The highest BCUT2D eigenvalue weighted by Crippen LogP contribution is 2.33. The van der Waals surface area contributed by atoms with E-state index in [1.54, 1.807) is 6.08 Å². The van der Waals surface area contributed by atoms with E-state index in [1.165, 1.54) is 12.7 Å². The van der Waals surface area contributed by atoms with Gasteiger partial charge < -0.3 is 4.74 Å². The number of fused-ring (bicyclic) bond motifs is 1. The van der Waals surface area contributed by atoms with Crippen LogP contribution in [0.1, 0.15) is 17.5 Å². The Morgan fingerprint density at radius 2 is 2.27 bits per heavy atom. The summed E-state index contributed by atoms with van der Waals surface area (Å²) in [7, 11) is 1.40. The first kappa shape index (κ1) is 10.4. The number of hydrogen-bond donors (Lipinski definition) is 0. The molecule has 0 fully saturated rings. The molecular formula is C12H11BrO2. The molecule has 1 aliphatic rings. The Bertz CT molecular complexity index is 435. The maximum Gasteiger partial charge on any atom is 0.330 e. The van der Waals surface area contributed by atoms with Gasteiger partial charge in [-0.3, -0.25) is 0 Å². The van der Waals surface area contributed by atoms with Crippen LogP contribution in [0.4, 0.5) is 0 Å². The number of allylic oxidation sites excluding steroid dienone is 1. The first-order chi connectivity index (χ1) is 7.20. The van der Waals surface area contributed by atoms with Gasteiger partial charge in [-0.15, -0.1) is 0 Å². The first-order valence-electron chi connectivity index (χ1n) is 4.78. The molecule has 2 nitrogen and oxygen atoms in total. The molecule has 1 aliphatic carbocycles. The van der Waals surface area contributed by atoms with Crippen LogP contribution in [0.5, 0.6) is 0 Å². The largest absolute Gasteiger partial charge is 0.466 e. The topological polar surface area (TPSA) is 26.3 Å². The van der Waals surface area contributed by atoms with Crippen LogP contribution in [0, 0.1) is 0 Å². The van der Waals surface area contributed by atoms with Crippen molar-refractivity contribution in [3.63, 3.8) is 0 Å². The van der Waals surface area contributed by atoms with Crippen molar-refractivity contribution in [3.8, 4) is 0 Å². The van der Waals surface area contributed by atoms with Gasteiger partial charge in [0.15, 0.2) is 0 Å². The standard InChI is InChI=1S/C12H11BrO2/c1-15-12(14)6-9-3-2-8-4-5-10(13)7-11(8)9/h4-7H,2-3H2,1H3/b9-6-. The van der Waals surface area contributed by atoms with Gasteiger partial charge in [-0.2, -0.15) is 0 Å². The van der Waals surface area contributed by atoms with E-state index in [-0.39, 0.29) is 5.97 Å². The van der Waals surface area contributed by atoms with Gasteiger partial charge in [-0.05, 0) is 41.7 Å². The molecule has 0 radical (unpaired) electrons. The number of benzene rings is 1. The van der Waals surface area contributed by atoms with E-state index in [9.17, 15) is 4.79 Å². The zero-order chi connectivity index (χ0) is 10.8. The molecule has 78 valence electrons. The third-order valence-corrected chi connectivity index (χ3v) is 3.07. The van der Waals surface area contributed by atoms with Gasteiger partial charge in [-0.25, -0.2) is 4.79 Å². The summed E-state index contributed by atoms with van der Waals surface area (Å²) < 4.78 is 5.67. The summed E-state index contributed by atoms with van der Waals surface area (Å²) in [5, 5.41) is 0. The smallest absolute Gasteiger partial charge is 0.330 e. The van der Waals surface area contributed by atoms with Crippen molar-refractivity contribution in [2.45, 2.75) is 12.8 Å². The van der Waals surface area contributed by atoms with Gasteiger partial charge in [0.1, 0.15) is 0 Å². The zero-order valence-electron chi connectivity index (χ0n) is 8.42. The number of aryl methyl sites for hydroxylation is 1. The third kappa shape index (κ3) is 2.12. The maximum absolute atomic E-state index is 11.2. The molecule has 3 heteroatoms. The molecule has 1 aromatic rings. The molecule has 1 aromatic carbocycles. The van der Waals surface area contributed by atoms with E-state index in [4.69, 9.17) is 0 Å². The fourth-order valence-electron chi connectivity index (χ4n) is 1.82. The zero-order valence-corrected chi connectivity index (χ0v) is 10.0. The minimum atomic E-state index is -0.280. The number of carbonyl (C=O) groups is 1. The molecule has 0 heterocycles. The second-order valence-corrected chi connectivity index (χ2v) is 4.41. The van der Waals surface area contributed by atoms with Crippen molar-refractivity contribution in [2.24, 2.45) is 0 Å². The summed E-state index contributed by atoms with van der Waals surface area (Å²) >= 11 is 3.43. The second-order valence-electron chi connectivity index (χ2n) is 3.49. The van der Waals surface area contributed by atoms with E-state index in [0.29, 0.717) is 0 Å². The first-order valence-corrected chi connectivity index (χ1v) is 5.57. The number of hydrogen-bond acceptors (Lipinski definition) is 2. The summed E-state index contributed by atoms with van der Waals surface area (Å²) in [6.45, 7) is 0. The van der Waals surface area contributed by atoms with Crippen LogP contribution >= 0.6 is 15.9 Å². The molecule has 0 aliphatic heterocycles. The summed E-state index contributed by atoms with van der Waals surface area (Å²) in [6, 6.07) is 6.18.